The summed E-state index contributed by atoms with van der Waals surface area (Å²) < 4.78 is 21.0. The third-order valence-corrected chi connectivity index (χ3v) is 6.46. The van der Waals surface area contributed by atoms with Gasteiger partial charge in [-0.2, -0.15) is 5.10 Å². The number of fused-ring (bicyclic) bond motifs is 1. The predicted octanol–water partition coefficient (Wildman–Crippen LogP) is 4.00. The zero-order valence-corrected chi connectivity index (χ0v) is 17.4. The Hall–Kier alpha value is -2.15. The van der Waals surface area contributed by atoms with Gasteiger partial charge in [0.05, 0.1) is 17.8 Å². The van der Waals surface area contributed by atoms with Gasteiger partial charge in [0.1, 0.15) is 5.82 Å². The molecule has 0 atom stereocenters. The fourth-order valence-electron chi connectivity index (χ4n) is 4.89. The Morgan fingerprint density at radius 3 is 2.52 bits per heavy atom. The number of halogens is 1. The highest BCUT2D eigenvalue weighted by Crippen LogP contribution is 2.34. The minimum atomic E-state index is -0.194. The van der Waals surface area contributed by atoms with Crippen LogP contribution in [0.25, 0.3) is 10.9 Å². The number of carbonyl (C=O) groups is 1. The van der Waals surface area contributed by atoms with Crippen LogP contribution in [0.5, 0.6) is 0 Å². The van der Waals surface area contributed by atoms with Gasteiger partial charge < -0.3 is 14.5 Å². The number of ether oxygens (including phenoxy) is 1. The minimum Gasteiger partial charge on any atom is -0.450 e. The Morgan fingerprint density at radius 1 is 1.14 bits per heavy atom. The number of nitrogens with zero attached hydrogens (tertiary/aromatic N) is 4. The molecule has 7 heteroatoms. The van der Waals surface area contributed by atoms with Crippen LogP contribution in [0.15, 0.2) is 18.2 Å². The maximum Gasteiger partial charge on any atom is 0.409 e. The lowest BCUT2D eigenvalue weighted by Gasteiger charge is -2.41. The van der Waals surface area contributed by atoms with Gasteiger partial charge in [0, 0.05) is 37.0 Å². The summed E-state index contributed by atoms with van der Waals surface area (Å²) in [4.78, 5) is 16.3. The van der Waals surface area contributed by atoms with Crippen LogP contribution >= 0.6 is 0 Å². The van der Waals surface area contributed by atoms with E-state index in [9.17, 15) is 9.18 Å². The van der Waals surface area contributed by atoms with E-state index in [2.05, 4.69) is 11.8 Å². The molecule has 3 heterocycles. The number of likely N-dealkylation sites (tertiary alicyclic amines) is 2. The summed E-state index contributed by atoms with van der Waals surface area (Å²) in [5, 5.41) is 5.80. The Bertz CT molecular complexity index is 852. The highest BCUT2D eigenvalue weighted by Gasteiger charge is 2.31. The van der Waals surface area contributed by atoms with E-state index in [0.717, 1.165) is 75.0 Å². The van der Waals surface area contributed by atoms with Crippen LogP contribution in [-0.4, -0.2) is 64.5 Å². The number of hydrogen-bond acceptors (Lipinski definition) is 4. The molecule has 2 saturated heterocycles. The highest BCUT2D eigenvalue weighted by molar-refractivity contribution is 5.82. The fraction of sp³-hybridized carbons (Fsp3) is 0.636. The van der Waals surface area contributed by atoms with Crippen molar-refractivity contribution in [2.24, 2.45) is 0 Å². The monoisotopic (exact) mass is 402 g/mol. The number of hydrogen-bond donors (Lipinski definition) is 0. The number of benzene rings is 1. The highest BCUT2D eigenvalue weighted by atomic mass is 19.1. The van der Waals surface area contributed by atoms with E-state index in [4.69, 9.17) is 9.84 Å². The first-order valence-electron chi connectivity index (χ1n) is 10.9. The smallest absolute Gasteiger partial charge is 0.409 e. The number of aromatic nitrogens is 2. The Balaban J connectivity index is 1.38. The largest absolute Gasteiger partial charge is 0.450 e. The Kier molecular flexibility index (Phi) is 6.04. The summed E-state index contributed by atoms with van der Waals surface area (Å²) in [5.74, 6) is 0.183. The van der Waals surface area contributed by atoms with Crippen molar-refractivity contribution in [2.75, 3.05) is 32.8 Å². The molecular formula is C22H31FN4O2. The van der Waals surface area contributed by atoms with Crippen molar-refractivity contribution in [3.05, 3.63) is 29.7 Å². The molecule has 2 aliphatic rings. The molecule has 0 saturated carbocycles. The maximum atomic E-state index is 13.9. The molecule has 2 fully saturated rings. The van der Waals surface area contributed by atoms with Gasteiger partial charge in [0.25, 0.3) is 0 Å². The molecule has 1 amide bonds. The summed E-state index contributed by atoms with van der Waals surface area (Å²) in [5.41, 5.74) is 2.08. The Morgan fingerprint density at radius 2 is 1.86 bits per heavy atom. The summed E-state index contributed by atoms with van der Waals surface area (Å²) in [6.45, 7) is 8.75. The zero-order chi connectivity index (χ0) is 20.4. The van der Waals surface area contributed by atoms with E-state index in [0.29, 0.717) is 18.6 Å². The van der Waals surface area contributed by atoms with Crippen molar-refractivity contribution in [1.29, 1.82) is 0 Å². The number of carbonyl (C=O) groups excluding carboxylic acids is 1. The lowest BCUT2D eigenvalue weighted by Crippen LogP contribution is -2.49. The zero-order valence-electron chi connectivity index (χ0n) is 17.4. The van der Waals surface area contributed by atoms with E-state index >= 15 is 0 Å². The van der Waals surface area contributed by atoms with Gasteiger partial charge in [-0.1, -0.05) is 0 Å². The van der Waals surface area contributed by atoms with Gasteiger partial charge in [-0.3, -0.25) is 4.68 Å². The van der Waals surface area contributed by atoms with Crippen LogP contribution in [0.4, 0.5) is 9.18 Å². The predicted molar refractivity (Wildman–Crippen MR) is 111 cm³/mol. The molecule has 29 heavy (non-hydrogen) atoms. The first kappa shape index (κ1) is 20.1. The van der Waals surface area contributed by atoms with E-state index in [1.165, 1.54) is 6.07 Å². The van der Waals surface area contributed by atoms with E-state index < -0.39 is 0 Å². The third-order valence-electron chi connectivity index (χ3n) is 6.46. The van der Waals surface area contributed by atoms with Crippen LogP contribution in [0.3, 0.4) is 0 Å². The molecule has 0 unspecified atom stereocenters. The van der Waals surface area contributed by atoms with Gasteiger partial charge in [0.15, 0.2) is 0 Å². The van der Waals surface area contributed by atoms with Gasteiger partial charge in [-0.25, -0.2) is 9.18 Å². The van der Waals surface area contributed by atoms with Crippen LogP contribution in [0, 0.1) is 5.82 Å². The second kappa shape index (κ2) is 8.69. The molecule has 1 aromatic carbocycles. The van der Waals surface area contributed by atoms with Gasteiger partial charge in [-0.05, 0) is 70.8 Å². The molecular weight excluding hydrogens is 371 g/mol. The number of rotatable bonds is 4. The normalized spacial score (nSPS) is 19.8. The quantitative estimate of drug-likeness (QED) is 0.776. The summed E-state index contributed by atoms with van der Waals surface area (Å²) in [7, 11) is 0. The molecule has 0 aliphatic carbocycles. The summed E-state index contributed by atoms with van der Waals surface area (Å²) in [6, 6.07) is 5.54. The van der Waals surface area contributed by atoms with Crippen molar-refractivity contribution in [1.82, 2.24) is 19.6 Å². The first-order valence-corrected chi connectivity index (χ1v) is 10.9. The molecule has 2 aromatic rings. The van der Waals surface area contributed by atoms with Gasteiger partial charge >= 0.3 is 6.09 Å². The molecule has 1 aromatic heterocycles. The minimum absolute atomic E-state index is 0.185. The first-order chi connectivity index (χ1) is 14.1. The van der Waals surface area contributed by atoms with Crippen LogP contribution in [-0.2, 0) is 11.3 Å². The standard InChI is InChI=1S/C22H31FN4O2/c1-3-27-20-6-5-17(23)15-19(20)21(24-27)16-7-11-25(12-8-16)18-9-13-26(14-10-18)22(28)29-4-2/h5-6,15-16,18H,3-4,7-14H2,1-2H3. The van der Waals surface area contributed by atoms with Crippen molar-refractivity contribution >= 4 is 17.0 Å². The van der Waals surface area contributed by atoms with Crippen molar-refractivity contribution in [2.45, 2.75) is 58.0 Å². The third kappa shape index (κ3) is 4.10. The van der Waals surface area contributed by atoms with E-state index in [-0.39, 0.29) is 11.9 Å². The number of piperidine rings is 2. The molecule has 4 rings (SSSR count). The molecule has 158 valence electrons. The van der Waals surface area contributed by atoms with Gasteiger partial charge in [-0.15, -0.1) is 0 Å². The Labute approximate surface area is 171 Å². The molecule has 0 spiro atoms. The summed E-state index contributed by atoms with van der Waals surface area (Å²) in [6.07, 6.45) is 3.91. The molecule has 0 N–H and O–H groups in total. The maximum absolute atomic E-state index is 13.9. The molecule has 2 aliphatic heterocycles. The SMILES string of the molecule is CCOC(=O)N1CCC(N2CCC(c3nn(CC)c4ccc(F)cc34)CC2)CC1. The lowest BCUT2D eigenvalue weighted by atomic mass is 9.90. The second-order valence-electron chi connectivity index (χ2n) is 8.09. The molecule has 6 nitrogen and oxygen atoms in total. The topological polar surface area (TPSA) is 50.6 Å². The summed E-state index contributed by atoms with van der Waals surface area (Å²) >= 11 is 0. The van der Waals surface area contributed by atoms with E-state index in [1.54, 1.807) is 6.07 Å². The van der Waals surface area contributed by atoms with Crippen molar-refractivity contribution < 1.29 is 13.9 Å². The fourth-order valence-corrected chi connectivity index (χ4v) is 4.89. The average Bonchev–Trinajstić information content (AvgIpc) is 3.12. The van der Waals surface area contributed by atoms with Crippen LogP contribution < -0.4 is 0 Å². The van der Waals surface area contributed by atoms with Crippen LogP contribution in [0.2, 0.25) is 0 Å². The number of amides is 1. The lowest BCUT2D eigenvalue weighted by molar-refractivity contribution is 0.0661. The molecule has 0 bridgehead atoms. The van der Waals surface area contributed by atoms with E-state index in [1.807, 2.05) is 22.6 Å². The average molecular weight is 403 g/mol. The second-order valence-corrected chi connectivity index (χ2v) is 8.09. The van der Waals surface area contributed by atoms with Crippen LogP contribution in [0.1, 0.15) is 51.1 Å². The molecule has 0 radical (unpaired) electrons. The van der Waals surface area contributed by atoms with Gasteiger partial charge in [0.2, 0.25) is 0 Å². The number of aryl methyl sites for hydroxylation is 1. The van der Waals surface area contributed by atoms with Crippen molar-refractivity contribution in [3.8, 4) is 0 Å². The van der Waals surface area contributed by atoms with Crippen molar-refractivity contribution in [3.63, 3.8) is 0 Å².